The lowest BCUT2D eigenvalue weighted by Gasteiger charge is -2.20. The molecule has 4 aromatic rings. The van der Waals surface area contributed by atoms with Crippen molar-refractivity contribution in [1.82, 2.24) is 0 Å². The Balaban J connectivity index is 0.000000378. The first kappa shape index (κ1) is 62.2. The molecular formula is C48H53F8N4O9S3+. The van der Waals surface area contributed by atoms with E-state index in [4.69, 9.17) is 14.2 Å². The Morgan fingerprint density at radius 1 is 0.611 bits per heavy atom. The highest BCUT2D eigenvalue weighted by Gasteiger charge is 2.56. The summed E-state index contributed by atoms with van der Waals surface area (Å²) >= 11 is 0. The number of carbonyl (C=O) groups excluding carboxylic acids is 2. The molecule has 0 N–H and O–H groups in total. The maximum Gasteiger partial charge on any atom is 0.586 e. The van der Waals surface area contributed by atoms with Gasteiger partial charge in [-0.3, -0.25) is 9.59 Å². The Hall–Kier alpha value is -5.95. The second-order valence-electron chi connectivity index (χ2n) is 15.8. The molecule has 24 heteroatoms. The molecule has 13 nitrogen and oxygen atoms in total. The molecule has 0 saturated heterocycles. The summed E-state index contributed by atoms with van der Waals surface area (Å²) in [6.45, 7) is 9.50. The van der Waals surface area contributed by atoms with E-state index in [1.54, 1.807) is 101 Å². The van der Waals surface area contributed by atoms with Crippen molar-refractivity contribution in [2.24, 2.45) is 10.2 Å². The highest BCUT2D eigenvalue weighted by atomic mass is 32.2. The van der Waals surface area contributed by atoms with Gasteiger partial charge in [0.25, 0.3) is 0 Å². The number of rotatable bonds is 18. The van der Waals surface area contributed by atoms with E-state index >= 15 is 0 Å². The highest BCUT2D eigenvalue weighted by Crippen LogP contribution is 2.42. The van der Waals surface area contributed by atoms with Gasteiger partial charge >= 0.3 is 28.2 Å². The first-order valence-electron chi connectivity index (χ1n) is 21.3. The van der Waals surface area contributed by atoms with Gasteiger partial charge in [-0.1, -0.05) is 36.4 Å². The minimum atomic E-state index is -6.00. The lowest BCUT2D eigenvalue weighted by atomic mass is 9.97. The predicted molar refractivity (Wildman–Crippen MR) is 251 cm³/mol. The van der Waals surface area contributed by atoms with Crippen LogP contribution in [0.2, 0.25) is 0 Å². The fraction of sp³-hybridized carbons (Fsp3) is 0.417. The van der Waals surface area contributed by atoms with Gasteiger partial charge in [-0.25, -0.2) is 8.42 Å². The normalized spacial score (nSPS) is 14.3. The third-order valence-electron chi connectivity index (χ3n) is 9.85. The molecule has 0 aliphatic heterocycles. The minimum absolute atomic E-state index is 0.0475. The summed E-state index contributed by atoms with van der Waals surface area (Å²) in [4.78, 5) is 24.0. The van der Waals surface area contributed by atoms with Crippen molar-refractivity contribution in [3.63, 3.8) is 0 Å². The number of carbonyl (C=O) groups is 2. The van der Waals surface area contributed by atoms with Gasteiger partial charge in [-0.05, 0) is 108 Å². The summed E-state index contributed by atoms with van der Waals surface area (Å²) in [5.74, 6) is -0.563. The van der Waals surface area contributed by atoms with Crippen LogP contribution < -0.4 is 9.47 Å². The molecule has 0 radical (unpaired) electrons. The predicted octanol–water partition coefficient (Wildman–Crippen LogP) is 11.5. The van der Waals surface area contributed by atoms with E-state index in [-0.39, 0.29) is 45.5 Å². The van der Waals surface area contributed by atoms with Crippen molar-refractivity contribution in [1.29, 1.82) is 10.5 Å². The van der Waals surface area contributed by atoms with E-state index in [1.807, 2.05) is 6.07 Å². The van der Waals surface area contributed by atoms with E-state index in [9.17, 15) is 68.2 Å². The monoisotopic (exact) mass is 1080 g/mol. The molecule has 4 rings (SSSR count). The maximum atomic E-state index is 13.5. The molecule has 72 heavy (non-hydrogen) atoms. The van der Waals surface area contributed by atoms with Gasteiger partial charge in [0.2, 0.25) is 0 Å². The molecule has 4 unspecified atom stereocenters. The fourth-order valence-electron chi connectivity index (χ4n) is 6.33. The van der Waals surface area contributed by atoms with E-state index in [1.165, 1.54) is 52.3 Å². The van der Waals surface area contributed by atoms with Crippen LogP contribution in [-0.4, -0.2) is 79.7 Å². The Labute approximate surface area is 419 Å². The third-order valence-corrected chi connectivity index (χ3v) is 14.5. The average Bonchev–Trinajstić information content (AvgIpc) is 3.29. The molecule has 0 heterocycles. The maximum absolute atomic E-state index is 13.5. The van der Waals surface area contributed by atoms with Gasteiger partial charge in [0.1, 0.15) is 11.5 Å². The summed E-state index contributed by atoms with van der Waals surface area (Å²) in [5.41, 5.74) is -8.88. The van der Waals surface area contributed by atoms with Gasteiger partial charge in [0, 0.05) is 37.1 Å². The van der Waals surface area contributed by atoms with Crippen LogP contribution >= 0.6 is 0 Å². The number of nitrogens with zero attached hydrogens (tertiary/aromatic N) is 4. The molecule has 0 spiro atoms. The summed E-state index contributed by atoms with van der Waals surface area (Å²) in [6.07, 6.45) is -1.15. The molecule has 0 aromatic heterocycles. The van der Waals surface area contributed by atoms with Crippen molar-refractivity contribution < 1.29 is 76.6 Å². The number of ether oxygens (including phenoxy) is 4. The van der Waals surface area contributed by atoms with Gasteiger partial charge in [-0.15, -0.1) is 26.3 Å². The Kier molecular flexibility index (Phi) is 23.0. The van der Waals surface area contributed by atoms with Gasteiger partial charge < -0.3 is 23.5 Å². The van der Waals surface area contributed by atoms with Crippen molar-refractivity contribution in [2.45, 2.75) is 121 Å². The zero-order chi connectivity index (χ0) is 54.9. The van der Waals surface area contributed by atoms with Crippen LogP contribution in [0.5, 0.6) is 11.5 Å². The molecule has 0 aliphatic rings. The molecule has 0 aliphatic carbocycles. The van der Waals surface area contributed by atoms with Gasteiger partial charge in [0.05, 0.1) is 33.0 Å². The molecule has 0 bridgehead atoms. The highest BCUT2D eigenvalue weighted by molar-refractivity contribution is 7.98. The molecule has 4 aromatic carbocycles. The van der Waals surface area contributed by atoms with Gasteiger partial charge in [-0.2, -0.15) is 29.5 Å². The van der Waals surface area contributed by atoms with E-state index in [2.05, 4.69) is 15.0 Å². The fourth-order valence-corrected chi connectivity index (χ4v) is 10.2. The Bertz CT molecular complexity index is 2530. The molecular weight excluding hydrogens is 1020 g/mol. The topological polar surface area (TPSA) is 201 Å². The smallest absolute Gasteiger partial charge is 0.586 e. The second kappa shape index (κ2) is 26.7. The SMILES string of the molecule is CCOC(=O)CCC(C)(C#N)N=NC(C)(C#N)CCC(=O)OCC(F)(F)S(=O)(=O)[O-].COc1c(C)cc([S+](c2ccccc2)C(F)(F)F)cc1C.COc1c(C)cc([S+](c2ccccc2)C(F)(F)F)cc1C. The quantitative estimate of drug-likeness (QED) is 0.0302. The summed E-state index contributed by atoms with van der Waals surface area (Å²) in [5, 5.41) is 21.3. The molecule has 0 saturated carbocycles. The van der Waals surface area contributed by atoms with Crippen LogP contribution in [-0.2, 0) is 51.0 Å². The number of nitriles is 2. The van der Waals surface area contributed by atoms with Crippen LogP contribution in [0, 0.1) is 50.4 Å². The van der Waals surface area contributed by atoms with Gasteiger partial charge in [0.15, 0.2) is 69.2 Å². The first-order valence-corrected chi connectivity index (χ1v) is 25.1. The lowest BCUT2D eigenvalue weighted by Crippen LogP contribution is -2.35. The van der Waals surface area contributed by atoms with Crippen LogP contribution in [0.4, 0.5) is 35.1 Å². The number of aryl methyl sites for hydroxylation is 4. The molecule has 0 fully saturated rings. The Morgan fingerprint density at radius 3 is 1.19 bits per heavy atom. The van der Waals surface area contributed by atoms with E-state index < -0.39 is 84.2 Å². The van der Waals surface area contributed by atoms with E-state index in [0.717, 1.165) is 0 Å². The van der Waals surface area contributed by atoms with Crippen molar-refractivity contribution in [2.75, 3.05) is 27.4 Å². The number of hydrogen-bond donors (Lipinski definition) is 0. The number of methoxy groups -OCH3 is 2. The number of halogens is 8. The third kappa shape index (κ3) is 18.6. The van der Waals surface area contributed by atoms with Crippen molar-refractivity contribution >= 4 is 43.8 Å². The van der Waals surface area contributed by atoms with Crippen LogP contribution in [0.3, 0.4) is 0 Å². The van der Waals surface area contributed by atoms with Crippen molar-refractivity contribution in [3.05, 3.63) is 107 Å². The molecule has 4 atom stereocenters. The molecule has 0 amide bonds. The number of benzene rings is 4. The van der Waals surface area contributed by atoms with Crippen LogP contribution in [0.15, 0.2) is 115 Å². The summed E-state index contributed by atoms with van der Waals surface area (Å²) in [7, 11) is -6.86. The van der Waals surface area contributed by atoms with Crippen LogP contribution in [0.25, 0.3) is 0 Å². The number of alkyl halides is 8. The van der Waals surface area contributed by atoms with Crippen molar-refractivity contribution in [3.8, 4) is 23.6 Å². The lowest BCUT2D eigenvalue weighted by molar-refractivity contribution is -0.150. The summed E-state index contributed by atoms with van der Waals surface area (Å²) < 4.78 is 157. The van der Waals surface area contributed by atoms with Crippen LogP contribution in [0.1, 0.15) is 68.7 Å². The number of hydrogen-bond acceptors (Lipinski definition) is 13. The zero-order valence-electron chi connectivity index (χ0n) is 40.5. The molecule has 392 valence electrons. The zero-order valence-corrected chi connectivity index (χ0v) is 43.0. The standard InChI is InChI=1S/2C16H16F3OS.C16H22F2N4O7S/c2*1-11-9-14(10-12(2)15(11)20-3)21(16(17,18)19)13-7-5-4-6-8-13;1-4-28-12(23)5-7-14(2,9-19)21-22-15(3,10-20)8-6-13(24)29-11-16(17,18)30(25,26)27/h2*4-10H,1-3H3;4-8,11H2,1-3H3,(H,25,26,27)/q2*+1;/p-1. The number of azo groups is 1. The van der Waals surface area contributed by atoms with E-state index in [0.29, 0.717) is 33.8 Å². The summed E-state index contributed by atoms with van der Waals surface area (Å²) in [6, 6.07) is 25.9. The average molecular weight is 1080 g/mol. The first-order chi connectivity index (χ1) is 33.3. The number of esters is 2. The second-order valence-corrected chi connectivity index (χ2v) is 21.4. The Morgan fingerprint density at radius 2 is 0.931 bits per heavy atom. The largest absolute Gasteiger partial charge is 0.743 e. The minimum Gasteiger partial charge on any atom is -0.743 e.